The summed E-state index contributed by atoms with van der Waals surface area (Å²) >= 11 is 0. The quantitative estimate of drug-likeness (QED) is 0.747. The molecule has 13 heavy (non-hydrogen) atoms. The molecule has 0 spiro atoms. The topological polar surface area (TPSA) is 32.3 Å². The van der Waals surface area contributed by atoms with E-state index in [4.69, 9.17) is 0 Å². The van der Waals surface area contributed by atoms with Gasteiger partial charge in [-0.2, -0.15) is 0 Å². The highest BCUT2D eigenvalue weighted by Crippen LogP contribution is 2.21. The maximum atomic E-state index is 9.45. The fraction of sp³-hybridized carbons (Fsp3) is 0.455. The van der Waals surface area contributed by atoms with E-state index in [0.717, 1.165) is 17.7 Å². The number of anilines is 1. The van der Waals surface area contributed by atoms with Gasteiger partial charge in [-0.3, -0.25) is 0 Å². The van der Waals surface area contributed by atoms with Crippen molar-refractivity contribution in [3.63, 3.8) is 0 Å². The molecule has 0 aliphatic heterocycles. The molecule has 1 aromatic rings. The second-order valence-corrected chi connectivity index (χ2v) is 3.45. The molecule has 0 saturated carbocycles. The molecule has 1 rings (SSSR count). The van der Waals surface area contributed by atoms with Gasteiger partial charge in [0.1, 0.15) is 5.75 Å². The van der Waals surface area contributed by atoms with Gasteiger partial charge in [0.05, 0.1) is 0 Å². The van der Waals surface area contributed by atoms with E-state index in [1.165, 1.54) is 0 Å². The SMILES string of the molecule is CCC(C)Nc1ccc(C)c(O)c1. The van der Waals surface area contributed by atoms with Gasteiger partial charge >= 0.3 is 0 Å². The van der Waals surface area contributed by atoms with Crippen molar-refractivity contribution in [2.24, 2.45) is 0 Å². The second kappa shape index (κ2) is 4.17. The van der Waals surface area contributed by atoms with Crippen LogP contribution in [0.5, 0.6) is 5.75 Å². The van der Waals surface area contributed by atoms with E-state index in [1.54, 1.807) is 6.07 Å². The Balaban J connectivity index is 2.73. The zero-order valence-corrected chi connectivity index (χ0v) is 8.46. The molecule has 0 radical (unpaired) electrons. The summed E-state index contributed by atoms with van der Waals surface area (Å²) in [6.45, 7) is 6.14. The summed E-state index contributed by atoms with van der Waals surface area (Å²) in [4.78, 5) is 0. The predicted octanol–water partition coefficient (Wildman–Crippen LogP) is 2.91. The largest absolute Gasteiger partial charge is 0.508 e. The highest BCUT2D eigenvalue weighted by Gasteiger charge is 2.00. The third kappa shape index (κ3) is 2.65. The van der Waals surface area contributed by atoms with Crippen LogP contribution in [-0.2, 0) is 0 Å². The normalized spacial score (nSPS) is 12.5. The number of phenolic OH excluding ortho intramolecular Hbond substituents is 1. The minimum atomic E-state index is 0.355. The molecule has 1 unspecified atom stereocenters. The number of hydrogen-bond acceptors (Lipinski definition) is 2. The summed E-state index contributed by atoms with van der Waals surface area (Å²) in [7, 11) is 0. The van der Waals surface area contributed by atoms with Crippen molar-refractivity contribution in [2.45, 2.75) is 33.2 Å². The molecule has 2 nitrogen and oxygen atoms in total. The molecular formula is C11H17NO. The van der Waals surface area contributed by atoms with Crippen molar-refractivity contribution in [2.75, 3.05) is 5.32 Å². The van der Waals surface area contributed by atoms with Crippen molar-refractivity contribution in [3.8, 4) is 5.75 Å². The number of benzene rings is 1. The summed E-state index contributed by atoms with van der Waals surface area (Å²) in [6, 6.07) is 6.12. The van der Waals surface area contributed by atoms with Crippen molar-refractivity contribution in [1.82, 2.24) is 0 Å². The lowest BCUT2D eigenvalue weighted by molar-refractivity contribution is 0.471. The molecule has 0 amide bonds. The molecule has 0 aliphatic carbocycles. The Morgan fingerprint density at radius 1 is 1.46 bits per heavy atom. The number of nitrogens with one attached hydrogen (secondary N) is 1. The molecule has 0 aromatic heterocycles. The van der Waals surface area contributed by atoms with Crippen LogP contribution in [0.2, 0.25) is 0 Å². The second-order valence-electron chi connectivity index (χ2n) is 3.45. The average Bonchev–Trinajstić information content (AvgIpc) is 2.11. The lowest BCUT2D eigenvalue weighted by Gasteiger charge is -2.13. The molecule has 0 aliphatic rings. The molecule has 1 atom stereocenters. The minimum Gasteiger partial charge on any atom is -0.508 e. The van der Waals surface area contributed by atoms with Crippen molar-refractivity contribution >= 4 is 5.69 Å². The average molecular weight is 179 g/mol. The molecule has 0 heterocycles. The van der Waals surface area contributed by atoms with E-state index in [2.05, 4.69) is 19.2 Å². The Morgan fingerprint density at radius 2 is 2.15 bits per heavy atom. The van der Waals surface area contributed by atoms with Crippen molar-refractivity contribution in [3.05, 3.63) is 23.8 Å². The van der Waals surface area contributed by atoms with Gasteiger partial charge in [0.15, 0.2) is 0 Å². The van der Waals surface area contributed by atoms with Gasteiger partial charge in [-0.15, -0.1) is 0 Å². The molecule has 2 heteroatoms. The number of rotatable bonds is 3. The Bertz CT molecular complexity index is 283. The van der Waals surface area contributed by atoms with Gasteiger partial charge < -0.3 is 10.4 Å². The van der Waals surface area contributed by atoms with Gasteiger partial charge in [0.25, 0.3) is 0 Å². The smallest absolute Gasteiger partial charge is 0.120 e. The minimum absolute atomic E-state index is 0.355. The van der Waals surface area contributed by atoms with E-state index in [0.29, 0.717) is 11.8 Å². The van der Waals surface area contributed by atoms with Crippen LogP contribution >= 0.6 is 0 Å². The molecular weight excluding hydrogens is 162 g/mol. The number of aromatic hydroxyl groups is 1. The summed E-state index contributed by atoms with van der Waals surface area (Å²) in [6.07, 6.45) is 1.08. The maximum absolute atomic E-state index is 9.45. The zero-order valence-electron chi connectivity index (χ0n) is 8.46. The van der Waals surface area contributed by atoms with Crippen LogP contribution < -0.4 is 5.32 Å². The highest BCUT2D eigenvalue weighted by atomic mass is 16.3. The third-order valence-corrected chi connectivity index (χ3v) is 2.23. The van der Waals surface area contributed by atoms with E-state index < -0.39 is 0 Å². The van der Waals surface area contributed by atoms with Crippen LogP contribution in [0.3, 0.4) is 0 Å². The van der Waals surface area contributed by atoms with Gasteiger partial charge in [0, 0.05) is 17.8 Å². The highest BCUT2D eigenvalue weighted by molar-refractivity contribution is 5.51. The molecule has 0 fully saturated rings. The number of aryl methyl sites for hydroxylation is 1. The van der Waals surface area contributed by atoms with Gasteiger partial charge in [0.2, 0.25) is 0 Å². The number of phenols is 1. The molecule has 72 valence electrons. The van der Waals surface area contributed by atoms with E-state index in [1.807, 2.05) is 19.1 Å². The first-order valence-corrected chi connectivity index (χ1v) is 4.69. The van der Waals surface area contributed by atoms with Crippen LogP contribution in [0.4, 0.5) is 5.69 Å². The van der Waals surface area contributed by atoms with Crippen LogP contribution in [0.25, 0.3) is 0 Å². The first-order chi connectivity index (χ1) is 6.13. The summed E-state index contributed by atoms with van der Waals surface area (Å²) in [5.74, 6) is 0.355. The Labute approximate surface area is 79.6 Å². The van der Waals surface area contributed by atoms with Gasteiger partial charge in [-0.05, 0) is 31.9 Å². The zero-order chi connectivity index (χ0) is 9.84. The van der Waals surface area contributed by atoms with Crippen LogP contribution in [-0.4, -0.2) is 11.1 Å². The van der Waals surface area contributed by atoms with Crippen LogP contribution in [0.1, 0.15) is 25.8 Å². The van der Waals surface area contributed by atoms with Crippen molar-refractivity contribution in [1.29, 1.82) is 0 Å². The van der Waals surface area contributed by atoms with Crippen LogP contribution in [0.15, 0.2) is 18.2 Å². The first kappa shape index (κ1) is 9.90. The van der Waals surface area contributed by atoms with Crippen LogP contribution in [0, 0.1) is 6.92 Å². The monoisotopic (exact) mass is 179 g/mol. The summed E-state index contributed by atoms with van der Waals surface area (Å²) < 4.78 is 0. The van der Waals surface area contributed by atoms with E-state index in [-0.39, 0.29) is 0 Å². The van der Waals surface area contributed by atoms with E-state index in [9.17, 15) is 5.11 Å². The molecule has 0 bridgehead atoms. The third-order valence-electron chi connectivity index (χ3n) is 2.23. The Kier molecular flexibility index (Phi) is 3.18. The Morgan fingerprint density at radius 3 is 2.69 bits per heavy atom. The molecule has 1 aromatic carbocycles. The first-order valence-electron chi connectivity index (χ1n) is 4.69. The fourth-order valence-electron chi connectivity index (χ4n) is 1.09. The van der Waals surface area contributed by atoms with Gasteiger partial charge in [-0.1, -0.05) is 13.0 Å². The fourth-order valence-corrected chi connectivity index (χ4v) is 1.09. The lowest BCUT2D eigenvalue weighted by atomic mass is 10.2. The lowest BCUT2D eigenvalue weighted by Crippen LogP contribution is -2.13. The summed E-state index contributed by atoms with van der Waals surface area (Å²) in [5, 5.41) is 12.7. The Hall–Kier alpha value is -1.18. The molecule has 0 saturated heterocycles. The standard InChI is InChI=1S/C11H17NO/c1-4-9(3)12-10-6-5-8(2)11(13)7-10/h5-7,9,12-13H,4H2,1-3H3. The van der Waals surface area contributed by atoms with Crippen molar-refractivity contribution < 1.29 is 5.11 Å². The summed E-state index contributed by atoms with van der Waals surface area (Å²) in [5.41, 5.74) is 1.90. The predicted molar refractivity (Wildman–Crippen MR) is 56.2 cm³/mol. The van der Waals surface area contributed by atoms with Gasteiger partial charge in [-0.25, -0.2) is 0 Å². The molecule has 2 N–H and O–H groups in total. The maximum Gasteiger partial charge on any atom is 0.120 e. The number of hydrogen-bond donors (Lipinski definition) is 2. The van der Waals surface area contributed by atoms with E-state index >= 15 is 0 Å².